The molecule has 0 heterocycles. The van der Waals surface area contributed by atoms with Gasteiger partial charge in [-0.25, -0.2) is 0 Å². The highest BCUT2D eigenvalue weighted by molar-refractivity contribution is 5.73. The van der Waals surface area contributed by atoms with Gasteiger partial charge in [-0.1, -0.05) is 0 Å². The lowest BCUT2D eigenvalue weighted by atomic mass is 9.42. The lowest BCUT2D eigenvalue weighted by Gasteiger charge is -2.63. The predicted octanol–water partition coefficient (Wildman–Crippen LogP) is 2.57. The molecule has 2 N–H and O–H groups in total. The van der Waals surface area contributed by atoms with E-state index in [1.807, 2.05) is 0 Å². The van der Waals surface area contributed by atoms with Crippen LogP contribution in [-0.2, 0) is 9.59 Å². The Morgan fingerprint density at radius 3 is 2.35 bits per heavy atom. The second kappa shape index (κ2) is 4.47. The zero-order valence-electron chi connectivity index (χ0n) is 12.4. The standard InChI is InChI=1S/C16H25NO3/c1-10(17-11(2)18)16-6-12-3-13(7-16)5-15(4-12,9-16)8-14(19)20/h10,12-13H,3-9H2,1-2H3,(H,17,18)(H,19,20)/t10-,12-,13-,15?,16?/m0/s1. The van der Waals surface area contributed by atoms with Gasteiger partial charge in [-0.3, -0.25) is 9.59 Å². The van der Waals surface area contributed by atoms with Crippen molar-refractivity contribution >= 4 is 11.9 Å². The van der Waals surface area contributed by atoms with Crippen LogP contribution >= 0.6 is 0 Å². The molecule has 4 aliphatic rings. The number of aliphatic carboxylic acids is 1. The summed E-state index contributed by atoms with van der Waals surface area (Å²) in [7, 11) is 0. The third-order valence-electron chi connectivity index (χ3n) is 6.09. The predicted molar refractivity (Wildman–Crippen MR) is 75.1 cm³/mol. The first-order valence-corrected chi connectivity index (χ1v) is 7.81. The topological polar surface area (TPSA) is 66.4 Å². The first kappa shape index (κ1) is 13.9. The molecular weight excluding hydrogens is 254 g/mol. The van der Waals surface area contributed by atoms with Gasteiger partial charge in [0.15, 0.2) is 0 Å². The quantitative estimate of drug-likeness (QED) is 0.831. The zero-order valence-corrected chi connectivity index (χ0v) is 12.4. The van der Waals surface area contributed by atoms with Crippen molar-refractivity contribution in [3.63, 3.8) is 0 Å². The first-order chi connectivity index (χ1) is 9.32. The maximum atomic E-state index is 11.4. The van der Waals surface area contributed by atoms with Gasteiger partial charge in [-0.15, -0.1) is 0 Å². The van der Waals surface area contributed by atoms with E-state index in [1.165, 1.54) is 19.3 Å². The number of hydrogen-bond donors (Lipinski definition) is 2. The Bertz CT molecular complexity index is 431. The van der Waals surface area contributed by atoms with Gasteiger partial charge in [0.25, 0.3) is 0 Å². The van der Waals surface area contributed by atoms with E-state index in [-0.39, 0.29) is 22.8 Å². The molecule has 4 rings (SSSR count). The lowest BCUT2D eigenvalue weighted by molar-refractivity contribution is -0.157. The maximum Gasteiger partial charge on any atom is 0.303 e. The fraction of sp³-hybridized carbons (Fsp3) is 0.875. The molecule has 0 aliphatic heterocycles. The van der Waals surface area contributed by atoms with Crippen LogP contribution in [0.25, 0.3) is 0 Å². The molecule has 0 unspecified atom stereocenters. The molecular formula is C16H25NO3. The number of carboxylic acids is 1. The van der Waals surface area contributed by atoms with Crippen LogP contribution in [0.2, 0.25) is 0 Å². The summed E-state index contributed by atoms with van der Waals surface area (Å²) in [5.41, 5.74) is 0.147. The van der Waals surface area contributed by atoms with Crippen LogP contribution in [-0.4, -0.2) is 23.0 Å². The highest BCUT2D eigenvalue weighted by atomic mass is 16.4. The van der Waals surface area contributed by atoms with E-state index in [1.54, 1.807) is 6.92 Å². The van der Waals surface area contributed by atoms with Gasteiger partial charge in [0.1, 0.15) is 0 Å². The molecule has 112 valence electrons. The van der Waals surface area contributed by atoms with E-state index in [2.05, 4.69) is 12.2 Å². The van der Waals surface area contributed by atoms with Crippen molar-refractivity contribution in [1.29, 1.82) is 0 Å². The third-order valence-corrected chi connectivity index (χ3v) is 6.09. The van der Waals surface area contributed by atoms with Crippen LogP contribution in [0.5, 0.6) is 0 Å². The molecule has 0 aromatic heterocycles. The molecule has 4 saturated carbocycles. The molecule has 4 aliphatic carbocycles. The monoisotopic (exact) mass is 279 g/mol. The first-order valence-electron chi connectivity index (χ1n) is 7.81. The van der Waals surface area contributed by atoms with Crippen molar-refractivity contribution in [3.05, 3.63) is 0 Å². The van der Waals surface area contributed by atoms with E-state index in [0.29, 0.717) is 18.3 Å². The molecule has 3 atom stereocenters. The van der Waals surface area contributed by atoms with Gasteiger partial charge in [0, 0.05) is 13.0 Å². The van der Waals surface area contributed by atoms with E-state index in [4.69, 9.17) is 0 Å². The van der Waals surface area contributed by atoms with Gasteiger partial charge >= 0.3 is 5.97 Å². The van der Waals surface area contributed by atoms with Gasteiger partial charge in [-0.2, -0.15) is 0 Å². The molecule has 0 aromatic rings. The number of nitrogens with one attached hydrogen (secondary N) is 1. The van der Waals surface area contributed by atoms with Crippen molar-refractivity contribution in [2.24, 2.45) is 22.7 Å². The Morgan fingerprint density at radius 2 is 1.85 bits per heavy atom. The summed E-state index contributed by atoms with van der Waals surface area (Å²) in [6.07, 6.45) is 7.10. The number of rotatable bonds is 4. The fourth-order valence-corrected chi connectivity index (χ4v) is 6.02. The van der Waals surface area contributed by atoms with Crippen LogP contribution in [0.3, 0.4) is 0 Å². The van der Waals surface area contributed by atoms with E-state index < -0.39 is 5.97 Å². The molecule has 0 spiro atoms. The smallest absolute Gasteiger partial charge is 0.303 e. The summed E-state index contributed by atoms with van der Waals surface area (Å²) in [5.74, 6) is 0.716. The minimum atomic E-state index is -0.658. The molecule has 1 amide bonds. The lowest BCUT2D eigenvalue weighted by Crippen LogP contribution is -2.59. The molecule has 4 bridgehead atoms. The molecule has 20 heavy (non-hydrogen) atoms. The van der Waals surface area contributed by atoms with E-state index in [0.717, 1.165) is 19.3 Å². The second-order valence-corrected chi connectivity index (χ2v) is 7.82. The summed E-state index contributed by atoms with van der Waals surface area (Å²) < 4.78 is 0. The average Bonchev–Trinajstić information content (AvgIpc) is 2.23. The maximum absolute atomic E-state index is 11.4. The number of hydrogen-bond acceptors (Lipinski definition) is 2. The Balaban J connectivity index is 1.86. The molecule has 0 aromatic carbocycles. The zero-order chi connectivity index (χ0) is 14.5. The van der Waals surface area contributed by atoms with Crippen LogP contribution in [0.15, 0.2) is 0 Å². The molecule has 4 nitrogen and oxygen atoms in total. The molecule has 4 fully saturated rings. The van der Waals surface area contributed by atoms with Gasteiger partial charge in [-0.05, 0) is 68.1 Å². The molecule has 4 heteroatoms. The second-order valence-electron chi connectivity index (χ2n) is 7.82. The number of carbonyl (C=O) groups is 2. The van der Waals surface area contributed by atoms with Crippen molar-refractivity contribution in [3.8, 4) is 0 Å². The van der Waals surface area contributed by atoms with Gasteiger partial charge < -0.3 is 10.4 Å². The van der Waals surface area contributed by atoms with E-state index in [9.17, 15) is 14.7 Å². The molecule has 0 radical (unpaired) electrons. The SMILES string of the molecule is CC(=O)N[C@@H](C)C12C[C@H]3C[C@@H](CC(CC(=O)O)(C3)C1)C2. The minimum Gasteiger partial charge on any atom is -0.481 e. The fourth-order valence-electron chi connectivity index (χ4n) is 6.02. The highest BCUT2D eigenvalue weighted by Crippen LogP contribution is 2.67. The van der Waals surface area contributed by atoms with Crippen molar-refractivity contribution in [1.82, 2.24) is 5.32 Å². The van der Waals surface area contributed by atoms with Crippen molar-refractivity contribution in [2.45, 2.75) is 64.8 Å². The summed E-state index contributed by atoms with van der Waals surface area (Å²) in [6, 6.07) is 0.166. The summed E-state index contributed by atoms with van der Waals surface area (Å²) in [5, 5.41) is 12.4. The van der Waals surface area contributed by atoms with Crippen molar-refractivity contribution in [2.75, 3.05) is 0 Å². The highest BCUT2D eigenvalue weighted by Gasteiger charge is 2.59. The van der Waals surface area contributed by atoms with Crippen LogP contribution in [0, 0.1) is 22.7 Å². The summed E-state index contributed by atoms with van der Waals surface area (Å²) >= 11 is 0. The van der Waals surface area contributed by atoms with Gasteiger partial charge in [0.2, 0.25) is 5.91 Å². The van der Waals surface area contributed by atoms with E-state index >= 15 is 0 Å². The largest absolute Gasteiger partial charge is 0.481 e. The third kappa shape index (κ3) is 2.23. The number of amides is 1. The van der Waals surface area contributed by atoms with Crippen LogP contribution < -0.4 is 5.32 Å². The minimum absolute atomic E-state index is 0.00262. The van der Waals surface area contributed by atoms with Gasteiger partial charge in [0.05, 0.1) is 6.42 Å². The Morgan fingerprint density at radius 1 is 1.25 bits per heavy atom. The summed E-state index contributed by atoms with van der Waals surface area (Å²) in [6.45, 7) is 3.69. The average molecular weight is 279 g/mol. The summed E-state index contributed by atoms with van der Waals surface area (Å²) in [4.78, 5) is 22.7. The number of carbonyl (C=O) groups excluding carboxylic acids is 1. The van der Waals surface area contributed by atoms with Crippen LogP contribution in [0.4, 0.5) is 0 Å². The normalized spacial score (nSPS) is 43.3. The Hall–Kier alpha value is -1.06. The van der Waals surface area contributed by atoms with Crippen LogP contribution in [0.1, 0.15) is 58.8 Å². The number of carboxylic acid groups (broad SMARTS) is 1. The molecule has 0 saturated heterocycles. The Kier molecular flexibility index (Phi) is 3.11. The Labute approximate surface area is 120 Å². The van der Waals surface area contributed by atoms with Crippen molar-refractivity contribution < 1.29 is 14.7 Å².